The molecule has 12 heavy (non-hydrogen) atoms. The Morgan fingerprint density at radius 2 is 2.25 bits per heavy atom. The Bertz CT molecular complexity index is 134. The van der Waals surface area contributed by atoms with Crippen molar-refractivity contribution in [2.45, 2.75) is 45.2 Å². The minimum Gasteiger partial charge on any atom is -0.300 e. The SMILES string of the molecule is CCCCN1CCCC(C)(F)C1. The summed E-state index contributed by atoms with van der Waals surface area (Å²) >= 11 is 0. The second-order valence-corrected chi connectivity index (χ2v) is 4.15. The molecule has 1 atom stereocenters. The molecule has 1 unspecified atom stereocenters. The van der Waals surface area contributed by atoms with Gasteiger partial charge in [-0.3, -0.25) is 0 Å². The largest absolute Gasteiger partial charge is 0.300 e. The Balaban J connectivity index is 2.26. The van der Waals surface area contributed by atoms with Crippen LogP contribution in [0, 0.1) is 0 Å². The number of hydrogen-bond donors (Lipinski definition) is 0. The maximum Gasteiger partial charge on any atom is 0.120 e. The molecule has 0 aliphatic carbocycles. The van der Waals surface area contributed by atoms with E-state index < -0.39 is 5.67 Å². The van der Waals surface area contributed by atoms with Crippen molar-refractivity contribution in [1.82, 2.24) is 4.90 Å². The number of unbranched alkanes of at least 4 members (excludes halogenated alkanes) is 1. The minimum absolute atomic E-state index is 0.646. The van der Waals surface area contributed by atoms with Crippen molar-refractivity contribution < 1.29 is 4.39 Å². The molecule has 1 aliphatic heterocycles. The zero-order valence-corrected chi connectivity index (χ0v) is 8.27. The number of rotatable bonds is 3. The Kier molecular flexibility index (Phi) is 3.51. The molecule has 0 aromatic carbocycles. The van der Waals surface area contributed by atoms with E-state index in [0.29, 0.717) is 6.54 Å². The molecule has 0 radical (unpaired) electrons. The van der Waals surface area contributed by atoms with Crippen LogP contribution < -0.4 is 0 Å². The standard InChI is InChI=1S/C10H20FN/c1-3-4-7-12-8-5-6-10(2,11)9-12/h3-9H2,1-2H3. The zero-order valence-electron chi connectivity index (χ0n) is 8.27. The van der Waals surface area contributed by atoms with Gasteiger partial charge in [0.25, 0.3) is 0 Å². The van der Waals surface area contributed by atoms with Crippen molar-refractivity contribution in [1.29, 1.82) is 0 Å². The molecule has 1 fully saturated rings. The van der Waals surface area contributed by atoms with Gasteiger partial charge in [0.2, 0.25) is 0 Å². The molecule has 1 rings (SSSR count). The lowest BCUT2D eigenvalue weighted by atomic mass is 9.97. The average Bonchev–Trinajstić information content (AvgIpc) is 1.99. The number of nitrogens with zero attached hydrogens (tertiary/aromatic N) is 1. The molecule has 0 bridgehead atoms. The molecule has 1 heterocycles. The summed E-state index contributed by atoms with van der Waals surface area (Å²) in [6.07, 6.45) is 4.18. The van der Waals surface area contributed by atoms with E-state index in [1.807, 2.05) is 0 Å². The first kappa shape index (κ1) is 9.97. The summed E-state index contributed by atoms with van der Waals surface area (Å²) in [5.74, 6) is 0. The predicted molar refractivity (Wildman–Crippen MR) is 50.1 cm³/mol. The number of halogens is 1. The highest BCUT2D eigenvalue weighted by Gasteiger charge is 2.29. The summed E-state index contributed by atoms with van der Waals surface area (Å²) in [7, 11) is 0. The summed E-state index contributed by atoms with van der Waals surface area (Å²) in [6.45, 7) is 6.73. The van der Waals surface area contributed by atoms with Crippen LogP contribution in [0.2, 0.25) is 0 Å². The van der Waals surface area contributed by atoms with Crippen LogP contribution in [-0.4, -0.2) is 30.2 Å². The number of alkyl halides is 1. The molecule has 1 nitrogen and oxygen atoms in total. The van der Waals surface area contributed by atoms with Gasteiger partial charge in [0.15, 0.2) is 0 Å². The van der Waals surface area contributed by atoms with Crippen LogP contribution in [0.15, 0.2) is 0 Å². The van der Waals surface area contributed by atoms with E-state index in [1.54, 1.807) is 6.92 Å². The zero-order chi connectivity index (χ0) is 9.03. The second-order valence-electron chi connectivity index (χ2n) is 4.15. The van der Waals surface area contributed by atoms with E-state index in [1.165, 1.54) is 12.8 Å². The molecule has 1 saturated heterocycles. The van der Waals surface area contributed by atoms with Crippen LogP contribution >= 0.6 is 0 Å². The first-order chi connectivity index (χ1) is 5.64. The molecule has 0 spiro atoms. The molecule has 0 saturated carbocycles. The van der Waals surface area contributed by atoms with Crippen molar-refractivity contribution in [3.05, 3.63) is 0 Å². The van der Waals surface area contributed by atoms with Crippen LogP contribution in [-0.2, 0) is 0 Å². The maximum atomic E-state index is 13.5. The van der Waals surface area contributed by atoms with Gasteiger partial charge in [-0.05, 0) is 39.3 Å². The highest BCUT2D eigenvalue weighted by molar-refractivity contribution is 4.83. The normalized spacial score (nSPS) is 32.2. The van der Waals surface area contributed by atoms with Crippen molar-refractivity contribution in [3.63, 3.8) is 0 Å². The highest BCUT2D eigenvalue weighted by Crippen LogP contribution is 2.24. The third-order valence-electron chi connectivity index (χ3n) is 2.55. The highest BCUT2D eigenvalue weighted by atomic mass is 19.1. The van der Waals surface area contributed by atoms with Crippen LogP contribution in [0.1, 0.15) is 39.5 Å². The fraction of sp³-hybridized carbons (Fsp3) is 1.00. The molecule has 0 amide bonds. The molecule has 0 aromatic rings. The van der Waals surface area contributed by atoms with Gasteiger partial charge in [0.1, 0.15) is 5.67 Å². The second kappa shape index (κ2) is 4.22. The van der Waals surface area contributed by atoms with Gasteiger partial charge in [0.05, 0.1) is 0 Å². The van der Waals surface area contributed by atoms with E-state index in [2.05, 4.69) is 11.8 Å². The third-order valence-corrected chi connectivity index (χ3v) is 2.55. The van der Waals surface area contributed by atoms with Gasteiger partial charge in [-0.15, -0.1) is 0 Å². The summed E-state index contributed by atoms with van der Waals surface area (Å²) in [5, 5.41) is 0. The molecular formula is C10H20FN. The fourth-order valence-electron chi connectivity index (χ4n) is 1.87. The number of hydrogen-bond acceptors (Lipinski definition) is 1. The molecule has 1 aliphatic rings. The molecule has 0 N–H and O–H groups in total. The van der Waals surface area contributed by atoms with Crippen LogP contribution in [0.4, 0.5) is 4.39 Å². The van der Waals surface area contributed by atoms with E-state index >= 15 is 0 Å². The van der Waals surface area contributed by atoms with E-state index in [-0.39, 0.29) is 0 Å². The van der Waals surface area contributed by atoms with E-state index in [4.69, 9.17) is 0 Å². The Morgan fingerprint density at radius 3 is 2.83 bits per heavy atom. The minimum atomic E-state index is -0.925. The smallest absolute Gasteiger partial charge is 0.120 e. The Hall–Kier alpha value is -0.110. The van der Waals surface area contributed by atoms with Crippen LogP contribution in [0.3, 0.4) is 0 Å². The first-order valence-electron chi connectivity index (χ1n) is 5.05. The van der Waals surface area contributed by atoms with E-state index in [9.17, 15) is 4.39 Å². The van der Waals surface area contributed by atoms with Crippen molar-refractivity contribution in [2.75, 3.05) is 19.6 Å². The summed E-state index contributed by atoms with van der Waals surface area (Å²) in [6, 6.07) is 0. The monoisotopic (exact) mass is 173 g/mol. The van der Waals surface area contributed by atoms with Gasteiger partial charge >= 0.3 is 0 Å². The fourth-order valence-corrected chi connectivity index (χ4v) is 1.87. The quantitative estimate of drug-likeness (QED) is 0.634. The Morgan fingerprint density at radius 1 is 1.50 bits per heavy atom. The predicted octanol–water partition coefficient (Wildman–Crippen LogP) is 2.61. The van der Waals surface area contributed by atoms with Crippen LogP contribution in [0.5, 0.6) is 0 Å². The van der Waals surface area contributed by atoms with Crippen LogP contribution in [0.25, 0.3) is 0 Å². The lowest BCUT2D eigenvalue weighted by Gasteiger charge is -2.34. The van der Waals surface area contributed by atoms with Gasteiger partial charge in [0, 0.05) is 6.54 Å². The van der Waals surface area contributed by atoms with Crippen molar-refractivity contribution in [2.24, 2.45) is 0 Å². The molecule has 0 aromatic heterocycles. The average molecular weight is 173 g/mol. The summed E-state index contributed by atoms with van der Waals surface area (Å²) in [5.41, 5.74) is -0.925. The number of piperidine rings is 1. The maximum absolute atomic E-state index is 13.5. The molecule has 2 heteroatoms. The van der Waals surface area contributed by atoms with Gasteiger partial charge in [-0.25, -0.2) is 4.39 Å². The van der Waals surface area contributed by atoms with Crippen molar-refractivity contribution in [3.8, 4) is 0 Å². The summed E-state index contributed by atoms with van der Waals surface area (Å²) in [4.78, 5) is 2.26. The van der Waals surface area contributed by atoms with Gasteiger partial charge in [-0.2, -0.15) is 0 Å². The first-order valence-corrected chi connectivity index (χ1v) is 5.05. The van der Waals surface area contributed by atoms with Crippen molar-refractivity contribution >= 4 is 0 Å². The lowest BCUT2D eigenvalue weighted by Crippen LogP contribution is -2.43. The topological polar surface area (TPSA) is 3.24 Å². The molecular weight excluding hydrogens is 153 g/mol. The van der Waals surface area contributed by atoms with Gasteiger partial charge < -0.3 is 4.90 Å². The third kappa shape index (κ3) is 3.10. The number of likely N-dealkylation sites (tertiary alicyclic amines) is 1. The lowest BCUT2D eigenvalue weighted by molar-refractivity contribution is 0.0599. The summed E-state index contributed by atoms with van der Waals surface area (Å²) < 4.78 is 13.5. The van der Waals surface area contributed by atoms with E-state index in [0.717, 1.165) is 25.9 Å². The molecule has 72 valence electrons. The van der Waals surface area contributed by atoms with Gasteiger partial charge in [-0.1, -0.05) is 13.3 Å². The Labute approximate surface area is 74.9 Å².